The largest absolute Gasteiger partial charge is 0.369 e. The van der Waals surface area contributed by atoms with Gasteiger partial charge in [0.05, 0.1) is 0 Å². The van der Waals surface area contributed by atoms with Crippen LogP contribution in [0.3, 0.4) is 0 Å². The summed E-state index contributed by atoms with van der Waals surface area (Å²) in [6.07, 6.45) is 1.63. The normalized spacial score (nSPS) is 14.8. The van der Waals surface area contributed by atoms with Crippen LogP contribution in [0.15, 0.2) is 42.6 Å². The summed E-state index contributed by atoms with van der Waals surface area (Å²) >= 11 is 0. The van der Waals surface area contributed by atoms with E-state index in [1.807, 2.05) is 37.3 Å². The van der Waals surface area contributed by atoms with Crippen LogP contribution in [0, 0.1) is 6.92 Å². The molecule has 1 aliphatic heterocycles. The van der Waals surface area contributed by atoms with Crippen LogP contribution < -0.4 is 15.5 Å². The minimum absolute atomic E-state index is 0.348. The quantitative estimate of drug-likeness (QED) is 0.822. The van der Waals surface area contributed by atoms with Gasteiger partial charge in [-0.2, -0.15) is 0 Å². The van der Waals surface area contributed by atoms with Crippen LogP contribution in [-0.2, 0) is 9.59 Å². The first-order chi connectivity index (χ1) is 12.5. The molecule has 0 bridgehead atoms. The first kappa shape index (κ1) is 17.9. The minimum Gasteiger partial charge on any atom is -0.369 e. The highest BCUT2D eigenvalue weighted by Gasteiger charge is 2.16. The maximum Gasteiger partial charge on any atom is 0.315 e. The molecule has 2 amide bonds. The molecule has 0 unspecified atom stereocenters. The maximum atomic E-state index is 12.0. The first-order valence-electron chi connectivity index (χ1n) is 8.60. The lowest BCUT2D eigenvalue weighted by Gasteiger charge is -2.34. The van der Waals surface area contributed by atoms with E-state index in [0.717, 1.165) is 37.4 Å². The number of anilines is 3. The van der Waals surface area contributed by atoms with Gasteiger partial charge in [0, 0.05) is 43.8 Å². The van der Waals surface area contributed by atoms with Crippen molar-refractivity contribution >= 4 is 29.0 Å². The Morgan fingerprint density at radius 1 is 0.923 bits per heavy atom. The summed E-state index contributed by atoms with van der Waals surface area (Å²) in [4.78, 5) is 32.7. The van der Waals surface area contributed by atoms with E-state index in [4.69, 9.17) is 0 Å². The molecular formula is C19H23N5O2. The number of hydrogen-bond donors (Lipinski definition) is 2. The molecule has 1 aromatic carbocycles. The topological polar surface area (TPSA) is 77.6 Å². The van der Waals surface area contributed by atoms with Crippen LogP contribution in [0.1, 0.15) is 5.56 Å². The van der Waals surface area contributed by atoms with Gasteiger partial charge in [-0.05, 0) is 49.9 Å². The second kappa shape index (κ2) is 7.97. The second-order valence-electron chi connectivity index (χ2n) is 6.47. The predicted octanol–water partition coefficient (Wildman–Crippen LogP) is 1.72. The Morgan fingerprint density at radius 2 is 1.58 bits per heavy atom. The Labute approximate surface area is 153 Å². The van der Waals surface area contributed by atoms with Crippen LogP contribution in [0.2, 0.25) is 0 Å². The number of aryl methyl sites for hydroxylation is 1. The van der Waals surface area contributed by atoms with Gasteiger partial charge in [0.15, 0.2) is 0 Å². The van der Waals surface area contributed by atoms with Gasteiger partial charge in [-0.3, -0.25) is 9.59 Å². The Kier molecular flexibility index (Phi) is 5.48. The van der Waals surface area contributed by atoms with Crippen LogP contribution in [0.25, 0.3) is 0 Å². The summed E-state index contributed by atoms with van der Waals surface area (Å²) in [7, 11) is 2.12. The number of piperazine rings is 1. The summed E-state index contributed by atoms with van der Waals surface area (Å²) in [5, 5.41) is 5.09. The Hall–Kier alpha value is -2.93. The Balaban J connectivity index is 1.55. The number of rotatable bonds is 3. The average Bonchev–Trinajstić information content (AvgIpc) is 2.65. The summed E-state index contributed by atoms with van der Waals surface area (Å²) in [5.41, 5.74) is 2.68. The zero-order valence-corrected chi connectivity index (χ0v) is 15.0. The van der Waals surface area contributed by atoms with Crippen molar-refractivity contribution in [3.8, 4) is 0 Å². The van der Waals surface area contributed by atoms with E-state index in [9.17, 15) is 9.59 Å². The van der Waals surface area contributed by atoms with Gasteiger partial charge in [0.25, 0.3) is 0 Å². The Bertz CT molecular complexity index is 766. The number of nitrogens with one attached hydrogen (secondary N) is 2. The van der Waals surface area contributed by atoms with Crippen LogP contribution in [0.5, 0.6) is 0 Å². The number of carbonyl (C=O) groups is 2. The van der Waals surface area contributed by atoms with Gasteiger partial charge in [0.1, 0.15) is 5.82 Å². The van der Waals surface area contributed by atoms with E-state index in [1.165, 1.54) is 0 Å². The number of pyridine rings is 1. The van der Waals surface area contributed by atoms with Crippen molar-refractivity contribution < 1.29 is 9.59 Å². The molecule has 1 saturated heterocycles. The van der Waals surface area contributed by atoms with Gasteiger partial charge < -0.3 is 20.4 Å². The van der Waals surface area contributed by atoms with Gasteiger partial charge >= 0.3 is 11.8 Å². The highest BCUT2D eigenvalue weighted by atomic mass is 16.2. The zero-order chi connectivity index (χ0) is 18.5. The summed E-state index contributed by atoms with van der Waals surface area (Å²) in [6.45, 7) is 5.93. The molecule has 0 aliphatic carbocycles. The standard InChI is InChI=1S/C19H23N5O2/c1-14-3-8-17(20-13-14)22-19(26)18(25)21-15-4-6-16(7-5-15)24-11-9-23(2)10-12-24/h3-8,13H,9-12H2,1-2H3,(H,21,25)(H,20,22,26). The molecule has 0 atom stereocenters. The van der Waals surface area contributed by atoms with Crippen LogP contribution in [0.4, 0.5) is 17.2 Å². The molecule has 0 radical (unpaired) electrons. The number of amides is 2. The number of carbonyl (C=O) groups excluding carboxylic acids is 2. The molecule has 2 N–H and O–H groups in total. The number of nitrogens with zero attached hydrogens (tertiary/aromatic N) is 3. The van der Waals surface area contributed by atoms with Crippen LogP contribution in [-0.4, -0.2) is 54.9 Å². The number of likely N-dealkylation sites (N-methyl/N-ethyl adjacent to an activating group) is 1. The third-order valence-electron chi connectivity index (χ3n) is 4.35. The lowest BCUT2D eigenvalue weighted by molar-refractivity contribution is -0.133. The molecule has 1 aromatic heterocycles. The van der Waals surface area contributed by atoms with Crippen LogP contribution >= 0.6 is 0 Å². The van der Waals surface area contributed by atoms with E-state index in [1.54, 1.807) is 12.3 Å². The SMILES string of the molecule is Cc1ccc(NC(=O)C(=O)Nc2ccc(N3CCN(C)CC3)cc2)nc1. The molecule has 0 spiro atoms. The van der Waals surface area contributed by atoms with Crippen molar-refractivity contribution in [1.29, 1.82) is 0 Å². The van der Waals surface area contributed by atoms with E-state index >= 15 is 0 Å². The van der Waals surface area contributed by atoms with Crippen molar-refractivity contribution in [3.63, 3.8) is 0 Å². The molecule has 136 valence electrons. The van der Waals surface area contributed by atoms with Crippen molar-refractivity contribution in [1.82, 2.24) is 9.88 Å². The molecule has 7 nitrogen and oxygen atoms in total. The third-order valence-corrected chi connectivity index (χ3v) is 4.35. The molecule has 2 heterocycles. The molecule has 7 heteroatoms. The summed E-state index contributed by atoms with van der Waals surface area (Å²) < 4.78 is 0. The third kappa shape index (κ3) is 4.58. The lowest BCUT2D eigenvalue weighted by atomic mass is 10.2. The monoisotopic (exact) mass is 353 g/mol. The lowest BCUT2D eigenvalue weighted by Crippen LogP contribution is -2.44. The van der Waals surface area contributed by atoms with Gasteiger partial charge in [-0.25, -0.2) is 4.98 Å². The average molecular weight is 353 g/mol. The van der Waals surface area contributed by atoms with Crippen molar-refractivity contribution in [2.75, 3.05) is 48.8 Å². The number of benzene rings is 1. The molecular weight excluding hydrogens is 330 g/mol. The first-order valence-corrected chi connectivity index (χ1v) is 8.60. The second-order valence-corrected chi connectivity index (χ2v) is 6.47. The fourth-order valence-corrected chi connectivity index (χ4v) is 2.72. The highest BCUT2D eigenvalue weighted by Crippen LogP contribution is 2.19. The van der Waals surface area contributed by atoms with E-state index in [-0.39, 0.29) is 0 Å². The minimum atomic E-state index is -0.746. The molecule has 0 saturated carbocycles. The van der Waals surface area contributed by atoms with Gasteiger partial charge in [0.2, 0.25) is 0 Å². The van der Waals surface area contributed by atoms with Gasteiger partial charge in [-0.15, -0.1) is 0 Å². The predicted molar refractivity (Wildman–Crippen MR) is 102 cm³/mol. The Morgan fingerprint density at radius 3 is 2.19 bits per heavy atom. The van der Waals surface area contributed by atoms with Crippen molar-refractivity contribution in [2.45, 2.75) is 6.92 Å². The summed E-state index contributed by atoms with van der Waals surface area (Å²) in [5.74, 6) is -1.12. The number of hydrogen-bond acceptors (Lipinski definition) is 5. The molecule has 2 aromatic rings. The fraction of sp³-hybridized carbons (Fsp3) is 0.316. The fourth-order valence-electron chi connectivity index (χ4n) is 2.72. The van der Waals surface area contributed by atoms with E-state index in [0.29, 0.717) is 11.5 Å². The van der Waals surface area contributed by atoms with Crippen molar-refractivity contribution in [2.24, 2.45) is 0 Å². The van der Waals surface area contributed by atoms with Gasteiger partial charge in [-0.1, -0.05) is 6.07 Å². The zero-order valence-electron chi connectivity index (χ0n) is 15.0. The molecule has 26 heavy (non-hydrogen) atoms. The van der Waals surface area contributed by atoms with E-state index in [2.05, 4.69) is 32.5 Å². The summed E-state index contributed by atoms with van der Waals surface area (Å²) in [6, 6.07) is 11.0. The number of aromatic nitrogens is 1. The molecule has 3 rings (SSSR count). The van der Waals surface area contributed by atoms with Crippen molar-refractivity contribution in [3.05, 3.63) is 48.2 Å². The van der Waals surface area contributed by atoms with E-state index < -0.39 is 11.8 Å². The molecule has 1 fully saturated rings. The smallest absolute Gasteiger partial charge is 0.315 e. The molecule has 1 aliphatic rings. The maximum absolute atomic E-state index is 12.0. The highest BCUT2D eigenvalue weighted by molar-refractivity contribution is 6.43.